The molecule has 0 radical (unpaired) electrons. The van der Waals surface area contributed by atoms with E-state index in [4.69, 9.17) is 16.3 Å². The second kappa shape index (κ2) is 10.4. The lowest BCUT2D eigenvalue weighted by Crippen LogP contribution is -2.13. The number of amides is 1. The molecule has 3 aromatic rings. The molecule has 0 heterocycles. The van der Waals surface area contributed by atoms with Crippen molar-refractivity contribution in [2.75, 3.05) is 5.32 Å². The lowest BCUT2D eigenvalue weighted by atomic mass is 10.1. The van der Waals surface area contributed by atoms with Gasteiger partial charge in [-0.05, 0) is 54.1 Å². The molecule has 0 saturated heterocycles. The highest BCUT2D eigenvalue weighted by molar-refractivity contribution is 6.30. The fraction of sp³-hybridized carbons (Fsp3) is 0.125. The minimum absolute atomic E-state index is 0.0579. The van der Waals surface area contributed by atoms with Crippen molar-refractivity contribution >= 4 is 34.9 Å². The van der Waals surface area contributed by atoms with Gasteiger partial charge in [0.1, 0.15) is 6.61 Å². The van der Waals surface area contributed by atoms with Gasteiger partial charge in [0, 0.05) is 29.1 Å². The third-order valence-corrected chi connectivity index (χ3v) is 4.61. The molecule has 30 heavy (non-hydrogen) atoms. The third-order valence-electron chi connectivity index (χ3n) is 4.36. The zero-order chi connectivity index (χ0) is 21.3. The van der Waals surface area contributed by atoms with Gasteiger partial charge in [0.05, 0.1) is 5.56 Å². The normalized spacial score (nSPS) is 10.3. The van der Waals surface area contributed by atoms with Gasteiger partial charge in [0.2, 0.25) is 5.91 Å². The summed E-state index contributed by atoms with van der Waals surface area (Å²) < 4.78 is 5.28. The monoisotopic (exact) mass is 421 g/mol. The van der Waals surface area contributed by atoms with Crippen LogP contribution in [0.3, 0.4) is 0 Å². The number of halogens is 1. The van der Waals surface area contributed by atoms with Crippen molar-refractivity contribution in [3.8, 4) is 0 Å². The van der Waals surface area contributed by atoms with E-state index in [9.17, 15) is 14.4 Å². The van der Waals surface area contributed by atoms with E-state index in [1.165, 1.54) is 0 Å². The van der Waals surface area contributed by atoms with Crippen molar-refractivity contribution in [1.82, 2.24) is 0 Å². The molecular weight excluding hydrogens is 402 g/mol. The van der Waals surface area contributed by atoms with Crippen LogP contribution in [0.4, 0.5) is 5.69 Å². The number of anilines is 1. The van der Waals surface area contributed by atoms with E-state index < -0.39 is 5.97 Å². The molecule has 6 heteroatoms. The van der Waals surface area contributed by atoms with Gasteiger partial charge < -0.3 is 10.1 Å². The van der Waals surface area contributed by atoms with Crippen LogP contribution in [0.25, 0.3) is 0 Å². The molecule has 0 spiro atoms. The number of rotatable bonds is 8. The van der Waals surface area contributed by atoms with E-state index in [1.54, 1.807) is 48.5 Å². The van der Waals surface area contributed by atoms with Crippen molar-refractivity contribution in [3.63, 3.8) is 0 Å². The Kier molecular flexibility index (Phi) is 7.35. The molecule has 0 aromatic heterocycles. The molecular formula is C24H20ClNO4. The highest BCUT2D eigenvalue weighted by atomic mass is 35.5. The van der Waals surface area contributed by atoms with Crippen molar-refractivity contribution in [2.24, 2.45) is 0 Å². The number of hydrogen-bond donors (Lipinski definition) is 1. The minimum atomic E-state index is -0.440. The molecule has 1 amide bonds. The molecule has 3 aromatic carbocycles. The second-order valence-corrected chi connectivity index (χ2v) is 7.05. The van der Waals surface area contributed by atoms with Gasteiger partial charge in [-0.15, -0.1) is 0 Å². The third kappa shape index (κ3) is 6.29. The zero-order valence-corrected chi connectivity index (χ0v) is 16.9. The van der Waals surface area contributed by atoms with E-state index in [-0.39, 0.29) is 31.1 Å². The predicted molar refractivity (Wildman–Crippen MR) is 116 cm³/mol. The molecule has 152 valence electrons. The summed E-state index contributed by atoms with van der Waals surface area (Å²) in [5.74, 6) is -0.847. The van der Waals surface area contributed by atoms with Crippen LogP contribution in [-0.4, -0.2) is 17.7 Å². The van der Waals surface area contributed by atoms with Gasteiger partial charge >= 0.3 is 5.97 Å². The Morgan fingerprint density at radius 1 is 0.767 bits per heavy atom. The van der Waals surface area contributed by atoms with Crippen LogP contribution in [0.2, 0.25) is 5.02 Å². The van der Waals surface area contributed by atoms with Crippen molar-refractivity contribution in [2.45, 2.75) is 19.4 Å². The largest absolute Gasteiger partial charge is 0.457 e. The fourth-order valence-electron chi connectivity index (χ4n) is 2.73. The summed E-state index contributed by atoms with van der Waals surface area (Å²) >= 11 is 5.81. The lowest BCUT2D eigenvalue weighted by molar-refractivity contribution is -0.116. The first-order chi connectivity index (χ1) is 14.5. The first kappa shape index (κ1) is 21.3. The SMILES string of the molecule is O=C(CCC(=O)c1ccc(Cl)cc1)Nc1ccc(C(=O)OCc2ccccc2)cc1. The molecule has 0 unspecified atom stereocenters. The van der Waals surface area contributed by atoms with Crippen LogP contribution < -0.4 is 5.32 Å². The Balaban J connectivity index is 1.46. The first-order valence-corrected chi connectivity index (χ1v) is 9.79. The molecule has 0 bridgehead atoms. The number of esters is 1. The summed E-state index contributed by atoms with van der Waals surface area (Å²) in [5, 5.41) is 3.27. The van der Waals surface area contributed by atoms with Gasteiger partial charge in [-0.1, -0.05) is 41.9 Å². The van der Waals surface area contributed by atoms with Crippen LogP contribution in [0, 0.1) is 0 Å². The Bertz CT molecular complexity index is 1020. The smallest absolute Gasteiger partial charge is 0.338 e. The molecule has 0 aliphatic heterocycles. The number of carbonyl (C=O) groups excluding carboxylic acids is 3. The maximum Gasteiger partial charge on any atom is 0.338 e. The minimum Gasteiger partial charge on any atom is -0.457 e. The van der Waals surface area contributed by atoms with E-state index in [0.29, 0.717) is 21.8 Å². The van der Waals surface area contributed by atoms with Gasteiger partial charge in [-0.3, -0.25) is 9.59 Å². The molecule has 0 aliphatic rings. The molecule has 0 aliphatic carbocycles. The van der Waals surface area contributed by atoms with Crippen LogP contribution in [0.1, 0.15) is 39.1 Å². The fourth-order valence-corrected chi connectivity index (χ4v) is 2.85. The Morgan fingerprint density at radius 2 is 1.40 bits per heavy atom. The van der Waals surface area contributed by atoms with Crippen molar-refractivity contribution < 1.29 is 19.1 Å². The summed E-state index contributed by atoms with van der Waals surface area (Å²) in [6.45, 7) is 0.194. The quantitative estimate of drug-likeness (QED) is 0.395. The van der Waals surface area contributed by atoms with Crippen LogP contribution in [0.15, 0.2) is 78.9 Å². The topological polar surface area (TPSA) is 72.5 Å². The van der Waals surface area contributed by atoms with Gasteiger partial charge in [-0.2, -0.15) is 0 Å². The highest BCUT2D eigenvalue weighted by Crippen LogP contribution is 2.14. The van der Waals surface area contributed by atoms with Crippen molar-refractivity contribution in [1.29, 1.82) is 0 Å². The van der Waals surface area contributed by atoms with Crippen molar-refractivity contribution in [3.05, 3.63) is 101 Å². The number of Topliss-reactive ketones (excluding diaryl/α,β-unsaturated/α-hetero) is 1. The summed E-state index contributed by atoms with van der Waals surface area (Å²) in [6, 6.07) is 22.4. The zero-order valence-electron chi connectivity index (χ0n) is 16.1. The predicted octanol–water partition coefficient (Wildman–Crippen LogP) is 5.30. The average molecular weight is 422 g/mol. The molecule has 5 nitrogen and oxygen atoms in total. The number of hydrogen-bond acceptors (Lipinski definition) is 4. The Morgan fingerprint density at radius 3 is 2.07 bits per heavy atom. The summed E-state index contributed by atoms with van der Waals surface area (Å²) in [4.78, 5) is 36.4. The first-order valence-electron chi connectivity index (χ1n) is 9.41. The number of carbonyl (C=O) groups is 3. The molecule has 0 atom stereocenters. The highest BCUT2D eigenvalue weighted by Gasteiger charge is 2.11. The number of ether oxygens (including phenoxy) is 1. The number of benzene rings is 3. The van der Waals surface area contributed by atoms with Gasteiger partial charge in [0.15, 0.2) is 5.78 Å². The Hall–Kier alpha value is -3.44. The van der Waals surface area contributed by atoms with E-state index in [0.717, 1.165) is 5.56 Å². The van der Waals surface area contributed by atoms with E-state index in [1.807, 2.05) is 30.3 Å². The van der Waals surface area contributed by atoms with Crippen LogP contribution >= 0.6 is 11.6 Å². The lowest BCUT2D eigenvalue weighted by Gasteiger charge is -2.07. The molecule has 3 rings (SSSR count). The second-order valence-electron chi connectivity index (χ2n) is 6.62. The molecule has 0 saturated carbocycles. The summed E-state index contributed by atoms with van der Waals surface area (Å²) in [6.07, 6.45) is 0.152. The summed E-state index contributed by atoms with van der Waals surface area (Å²) in [5.41, 5.74) is 2.36. The maximum absolute atomic E-state index is 12.1. The summed E-state index contributed by atoms with van der Waals surface area (Å²) in [7, 11) is 0. The van der Waals surface area contributed by atoms with E-state index in [2.05, 4.69) is 5.32 Å². The van der Waals surface area contributed by atoms with Crippen LogP contribution in [0.5, 0.6) is 0 Å². The molecule has 0 fully saturated rings. The van der Waals surface area contributed by atoms with Crippen LogP contribution in [-0.2, 0) is 16.1 Å². The number of nitrogens with one attached hydrogen (secondary N) is 1. The maximum atomic E-state index is 12.1. The Labute approximate surface area is 179 Å². The standard InChI is InChI=1S/C24H20ClNO4/c25-20-10-6-18(7-11-20)22(27)14-15-23(28)26-21-12-8-19(9-13-21)24(29)30-16-17-4-2-1-3-5-17/h1-13H,14-16H2,(H,26,28). The molecule has 1 N–H and O–H groups in total. The van der Waals surface area contributed by atoms with E-state index >= 15 is 0 Å². The van der Waals surface area contributed by atoms with Gasteiger partial charge in [0.25, 0.3) is 0 Å². The van der Waals surface area contributed by atoms with Gasteiger partial charge in [-0.25, -0.2) is 4.79 Å². The number of ketones is 1. The average Bonchev–Trinajstić information content (AvgIpc) is 2.77.